The summed E-state index contributed by atoms with van der Waals surface area (Å²) in [6, 6.07) is 0.740. The van der Waals surface area contributed by atoms with Crippen molar-refractivity contribution < 1.29 is 0 Å². The molecule has 3 aliphatic heterocycles. The molecule has 3 heterocycles. The maximum atomic E-state index is 2.79. The molecule has 0 aromatic heterocycles. The zero-order chi connectivity index (χ0) is 19.1. The summed E-state index contributed by atoms with van der Waals surface area (Å²) in [5.74, 6) is 1.82. The Kier molecular flexibility index (Phi) is 6.09. The van der Waals surface area contributed by atoms with Crippen molar-refractivity contribution in [1.82, 2.24) is 19.6 Å². The predicted octanol–water partition coefficient (Wildman–Crippen LogP) is 2.84. The third-order valence-corrected chi connectivity index (χ3v) is 7.27. The number of likely N-dealkylation sites (tertiary alicyclic amines) is 2. The van der Waals surface area contributed by atoms with Crippen LogP contribution in [0.4, 0.5) is 0 Å². The second-order valence-corrected chi connectivity index (χ2v) is 11.2. The molecule has 0 aromatic carbocycles. The summed E-state index contributed by atoms with van der Waals surface area (Å²) in [5.41, 5.74) is 0.670. The molecule has 152 valence electrons. The van der Waals surface area contributed by atoms with Crippen molar-refractivity contribution in [1.29, 1.82) is 0 Å². The Morgan fingerprint density at radius 1 is 0.731 bits per heavy atom. The van der Waals surface area contributed by atoms with Gasteiger partial charge in [0.15, 0.2) is 0 Å². The van der Waals surface area contributed by atoms with Gasteiger partial charge >= 0.3 is 0 Å². The summed E-state index contributed by atoms with van der Waals surface area (Å²) in [5, 5.41) is 0. The normalized spacial score (nSPS) is 31.5. The molecule has 0 aliphatic carbocycles. The van der Waals surface area contributed by atoms with E-state index in [9.17, 15) is 0 Å². The molecule has 3 rings (SSSR count). The quantitative estimate of drug-likeness (QED) is 0.760. The van der Waals surface area contributed by atoms with Gasteiger partial charge in [0.1, 0.15) is 0 Å². The Labute approximate surface area is 162 Å². The van der Waals surface area contributed by atoms with E-state index < -0.39 is 0 Å². The third-order valence-electron chi connectivity index (χ3n) is 7.27. The standard InChI is InChI=1S/C22H44N4/c1-18(8-9-23-10-12-25(13-11-23)21(2,3)4)24-14-19-16-26(22(5,6)7)17-20(19)15-24/h18-20H,8-17H2,1-7H3. The van der Waals surface area contributed by atoms with Crippen LogP contribution in [0.1, 0.15) is 54.9 Å². The number of fused-ring (bicyclic) bond motifs is 1. The first-order chi connectivity index (χ1) is 12.0. The van der Waals surface area contributed by atoms with Gasteiger partial charge in [0.2, 0.25) is 0 Å². The number of nitrogens with zero attached hydrogens (tertiary/aromatic N) is 4. The zero-order valence-corrected chi connectivity index (χ0v) is 18.6. The van der Waals surface area contributed by atoms with Gasteiger partial charge < -0.3 is 4.90 Å². The summed E-state index contributed by atoms with van der Waals surface area (Å²) in [7, 11) is 0. The van der Waals surface area contributed by atoms with Crippen LogP contribution in [-0.2, 0) is 0 Å². The molecule has 0 amide bonds. The molecule has 4 nitrogen and oxygen atoms in total. The van der Waals surface area contributed by atoms with E-state index in [0.29, 0.717) is 11.1 Å². The lowest BCUT2D eigenvalue weighted by molar-refractivity contribution is 0.0577. The van der Waals surface area contributed by atoms with Gasteiger partial charge in [0.25, 0.3) is 0 Å². The first-order valence-corrected chi connectivity index (χ1v) is 11.0. The monoisotopic (exact) mass is 364 g/mol. The van der Waals surface area contributed by atoms with Gasteiger partial charge in [-0.15, -0.1) is 0 Å². The van der Waals surface area contributed by atoms with E-state index in [4.69, 9.17) is 0 Å². The van der Waals surface area contributed by atoms with E-state index in [0.717, 1.165) is 17.9 Å². The van der Waals surface area contributed by atoms with E-state index in [2.05, 4.69) is 68.1 Å². The van der Waals surface area contributed by atoms with Crippen LogP contribution in [0, 0.1) is 11.8 Å². The van der Waals surface area contributed by atoms with Crippen molar-refractivity contribution >= 4 is 0 Å². The second kappa shape index (κ2) is 7.69. The Hall–Kier alpha value is -0.160. The fourth-order valence-corrected chi connectivity index (χ4v) is 5.13. The van der Waals surface area contributed by atoms with Crippen LogP contribution >= 0.6 is 0 Å². The Bertz CT molecular complexity index is 442. The number of hydrogen-bond donors (Lipinski definition) is 0. The molecule has 0 N–H and O–H groups in total. The van der Waals surface area contributed by atoms with Crippen LogP contribution in [-0.4, -0.2) is 95.6 Å². The zero-order valence-electron chi connectivity index (χ0n) is 18.6. The molecule has 0 saturated carbocycles. The molecule has 0 aromatic rings. The van der Waals surface area contributed by atoms with Crippen LogP contribution < -0.4 is 0 Å². The van der Waals surface area contributed by atoms with Gasteiger partial charge in [-0.05, 0) is 73.3 Å². The highest BCUT2D eigenvalue weighted by molar-refractivity contribution is 4.97. The molecule has 3 saturated heterocycles. The van der Waals surface area contributed by atoms with Gasteiger partial charge in [-0.1, -0.05) is 0 Å². The highest BCUT2D eigenvalue weighted by atomic mass is 15.3. The molecule has 0 spiro atoms. The van der Waals surface area contributed by atoms with Gasteiger partial charge in [-0.25, -0.2) is 0 Å². The summed E-state index contributed by atoms with van der Waals surface area (Å²) in [6.07, 6.45) is 1.33. The molecule has 3 atom stereocenters. The molecular formula is C22H44N4. The van der Waals surface area contributed by atoms with Gasteiger partial charge in [-0.3, -0.25) is 14.7 Å². The highest BCUT2D eigenvalue weighted by Crippen LogP contribution is 2.35. The molecule has 4 heteroatoms. The Morgan fingerprint density at radius 2 is 1.23 bits per heavy atom. The number of rotatable bonds is 4. The molecule has 0 bridgehead atoms. The van der Waals surface area contributed by atoms with Crippen molar-refractivity contribution in [3.05, 3.63) is 0 Å². The molecule has 3 fully saturated rings. The van der Waals surface area contributed by atoms with E-state index in [1.54, 1.807) is 0 Å². The van der Waals surface area contributed by atoms with E-state index in [-0.39, 0.29) is 0 Å². The minimum Gasteiger partial charge on any atom is -0.301 e. The van der Waals surface area contributed by atoms with Crippen molar-refractivity contribution in [2.45, 2.75) is 72.0 Å². The summed E-state index contributed by atoms with van der Waals surface area (Å²) in [6.45, 7) is 28.1. The molecule has 26 heavy (non-hydrogen) atoms. The second-order valence-electron chi connectivity index (χ2n) is 11.2. The summed E-state index contributed by atoms with van der Waals surface area (Å²) < 4.78 is 0. The average molecular weight is 365 g/mol. The first kappa shape index (κ1) is 20.6. The summed E-state index contributed by atoms with van der Waals surface area (Å²) in [4.78, 5) is 10.8. The van der Waals surface area contributed by atoms with Crippen LogP contribution in [0.2, 0.25) is 0 Å². The smallest absolute Gasteiger partial charge is 0.0126 e. The van der Waals surface area contributed by atoms with Crippen molar-refractivity contribution in [3.8, 4) is 0 Å². The lowest BCUT2D eigenvalue weighted by Gasteiger charge is -2.42. The van der Waals surface area contributed by atoms with Crippen molar-refractivity contribution in [2.24, 2.45) is 11.8 Å². The lowest BCUT2D eigenvalue weighted by atomic mass is 10.0. The number of piperazine rings is 1. The van der Waals surface area contributed by atoms with Crippen LogP contribution in [0.3, 0.4) is 0 Å². The topological polar surface area (TPSA) is 13.0 Å². The van der Waals surface area contributed by atoms with Crippen LogP contribution in [0.25, 0.3) is 0 Å². The van der Waals surface area contributed by atoms with Gasteiger partial charge in [0.05, 0.1) is 0 Å². The lowest BCUT2D eigenvalue weighted by Crippen LogP contribution is -2.53. The van der Waals surface area contributed by atoms with Crippen molar-refractivity contribution in [2.75, 3.05) is 58.9 Å². The first-order valence-electron chi connectivity index (χ1n) is 11.0. The van der Waals surface area contributed by atoms with Gasteiger partial charge in [-0.2, -0.15) is 0 Å². The van der Waals surface area contributed by atoms with Crippen LogP contribution in [0.5, 0.6) is 0 Å². The predicted molar refractivity (Wildman–Crippen MR) is 112 cm³/mol. The Balaban J connectivity index is 1.38. The maximum Gasteiger partial charge on any atom is 0.0126 e. The SMILES string of the molecule is CC(CCN1CCN(C(C)(C)C)CC1)N1CC2CN(C(C)(C)C)CC2C1. The highest BCUT2D eigenvalue weighted by Gasteiger charge is 2.43. The minimum atomic E-state index is 0.327. The molecule has 3 unspecified atom stereocenters. The van der Waals surface area contributed by atoms with E-state index in [1.165, 1.54) is 65.3 Å². The van der Waals surface area contributed by atoms with Crippen molar-refractivity contribution in [3.63, 3.8) is 0 Å². The molecule has 0 radical (unpaired) electrons. The Morgan fingerprint density at radius 3 is 1.69 bits per heavy atom. The average Bonchev–Trinajstić information content (AvgIpc) is 3.10. The maximum absolute atomic E-state index is 2.79. The van der Waals surface area contributed by atoms with E-state index in [1.807, 2.05) is 0 Å². The third kappa shape index (κ3) is 4.81. The number of hydrogen-bond acceptors (Lipinski definition) is 4. The molecule has 3 aliphatic rings. The fourth-order valence-electron chi connectivity index (χ4n) is 5.13. The van der Waals surface area contributed by atoms with Gasteiger partial charge in [0, 0.05) is 69.5 Å². The molecular weight excluding hydrogens is 320 g/mol. The van der Waals surface area contributed by atoms with E-state index >= 15 is 0 Å². The summed E-state index contributed by atoms with van der Waals surface area (Å²) >= 11 is 0. The largest absolute Gasteiger partial charge is 0.301 e. The fraction of sp³-hybridized carbons (Fsp3) is 1.00. The minimum absolute atomic E-state index is 0.327. The van der Waals surface area contributed by atoms with Crippen LogP contribution in [0.15, 0.2) is 0 Å².